The first-order valence-corrected chi connectivity index (χ1v) is 12.7. The summed E-state index contributed by atoms with van der Waals surface area (Å²) in [5.41, 5.74) is 1.71. The summed E-state index contributed by atoms with van der Waals surface area (Å²) in [4.78, 5) is 20.3. The van der Waals surface area contributed by atoms with E-state index in [4.69, 9.17) is 14.5 Å². The normalized spacial score (nSPS) is 22.2. The third kappa shape index (κ3) is 6.46. The number of aromatic nitrogens is 1. The number of pyridine rings is 1. The molecule has 0 atom stereocenters. The van der Waals surface area contributed by atoms with Crippen molar-refractivity contribution in [3.63, 3.8) is 0 Å². The van der Waals surface area contributed by atoms with Crippen LogP contribution >= 0.6 is 11.3 Å². The number of rotatable bonds is 7. The van der Waals surface area contributed by atoms with Crippen molar-refractivity contribution >= 4 is 23.0 Å². The van der Waals surface area contributed by atoms with Crippen LogP contribution in [-0.2, 0) is 16.7 Å². The van der Waals surface area contributed by atoms with Gasteiger partial charge in [0.25, 0.3) is 0 Å². The molecule has 7 nitrogen and oxygen atoms in total. The zero-order valence-electron chi connectivity index (χ0n) is 19.8. The van der Waals surface area contributed by atoms with Gasteiger partial charge in [0.1, 0.15) is 11.0 Å². The lowest BCUT2D eigenvalue weighted by atomic mass is 9.92. The Bertz CT molecular complexity index is 941. The minimum absolute atomic E-state index is 0.0659. The van der Waals surface area contributed by atoms with E-state index < -0.39 is 5.97 Å². The fourth-order valence-electron chi connectivity index (χ4n) is 4.34. The Labute approximate surface area is 200 Å². The highest BCUT2D eigenvalue weighted by Gasteiger charge is 2.27. The van der Waals surface area contributed by atoms with Gasteiger partial charge in [0.15, 0.2) is 0 Å². The topological polar surface area (TPSA) is 83.9 Å². The fraction of sp³-hybridized carbons (Fsp3) is 0.600. The molecule has 2 aromatic rings. The van der Waals surface area contributed by atoms with Crippen LogP contribution in [0.3, 0.4) is 0 Å². The minimum Gasteiger partial charge on any atom is -0.477 e. The molecule has 2 fully saturated rings. The van der Waals surface area contributed by atoms with Crippen LogP contribution in [0.2, 0.25) is 0 Å². The van der Waals surface area contributed by atoms with Crippen molar-refractivity contribution in [2.45, 2.75) is 70.6 Å². The monoisotopic (exact) mass is 473 g/mol. The Hall–Kier alpha value is -2.16. The van der Waals surface area contributed by atoms with Gasteiger partial charge in [-0.3, -0.25) is 4.90 Å². The molecule has 8 heteroatoms. The minimum atomic E-state index is -0.863. The lowest BCUT2D eigenvalue weighted by Gasteiger charge is -2.30. The third-order valence-corrected chi connectivity index (χ3v) is 7.81. The van der Waals surface area contributed by atoms with Crippen LogP contribution in [0.1, 0.15) is 66.7 Å². The predicted molar refractivity (Wildman–Crippen MR) is 131 cm³/mol. The van der Waals surface area contributed by atoms with Crippen LogP contribution in [0.4, 0.5) is 5.69 Å². The zero-order valence-corrected chi connectivity index (χ0v) is 20.6. The number of carbonyl (C=O) groups is 1. The number of carboxylic acid groups (broad SMARTS) is 1. The molecule has 1 aliphatic carbocycles. The number of thiophene rings is 1. The van der Waals surface area contributed by atoms with Crippen LogP contribution in [0.15, 0.2) is 24.3 Å². The standard InChI is InChI=1S/C25H35N3O4S/c1-25(2,3)21-15-20(23(33-21)24(29)30)26-17-7-9-19(10-8-17)32-22-6-4-5-18(27-22)16-28-11-13-31-14-12-28/h4-6,15,17,19,26H,7-14,16H2,1-3H3,(H,29,30). The molecule has 0 bridgehead atoms. The second kappa shape index (κ2) is 10.4. The highest BCUT2D eigenvalue weighted by Crippen LogP contribution is 2.37. The van der Waals surface area contributed by atoms with Crippen molar-refractivity contribution in [2.75, 3.05) is 31.6 Å². The first kappa shape index (κ1) is 24.0. The molecule has 0 unspecified atom stereocenters. The van der Waals surface area contributed by atoms with Gasteiger partial charge in [-0.1, -0.05) is 26.8 Å². The van der Waals surface area contributed by atoms with E-state index in [2.05, 4.69) is 37.1 Å². The van der Waals surface area contributed by atoms with Crippen molar-refractivity contribution < 1.29 is 19.4 Å². The number of hydrogen-bond donors (Lipinski definition) is 2. The summed E-state index contributed by atoms with van der Waals surface area (Å²) in [5.74, 6) is -0.170. The van der Waals surface area contributed by atoms with Crippen molar-refractivity contribution in [1.82, 2.24) is 9.88 Å². The van der Waals surface area contributed by atoms with Crippen molar-refractivity contribution in [1.29, 1.82) is 0 Å². The summed E-state index contributed by atoms with van der Waals surface area (Å²) >= 11 is 1.37. The van der Waals surface area contributed by atoms with Gasteiger partial charge in [-0.15, -0.1) is 11.3 Å². The molecule has 0 spiro atoms. The van der Waals surface area contributed by atoms with E-state index in [-0.39, 0.29) is 17.6 Å². The van der Waals surface area contributed by atoms with Crippen LogP contribution < -0.4 is 10.1 Å². The summed E-state index contributed by atoms with van der Waals surface area (Å²) in [6.07, 6.45) is 3.87. The lowest BCUT2D eigenvalue weighted by molar-refractivity contribution is 0.0335. The molecule has 33 heavy (non-hydrogen) atoms. The second-order valence-corrected chi connectivity index (χ2v) is 11.1. The lowest BCUT2D eigenvalue weighted by Crippen LogP contribution is -2.36. The molecule has 1 aliphatic heterocycles. The second-order valence-electron chi connectivity index (χ2n) is 10.0. The number of hydrogen-bond acceptors (Lipinski definition) is 7. The van der Waals surface area contributed by atoms with Crippen molar-refractivity contribution in [2.24, 2.45) is 0 Å². The van der Waals surface area contributed by atoms with E-state index in [9.17, 15) is 9.90 Å². The Morgan fingerprint density at radius 1 is 1.24 bits per heavy atom. The first-order chi connectivity index (χ1) is 15.8. The quantitative estimate of drug-likeness (QED) is 0.599. The number of nitrogens with one attached hydrogen (secondary N) is 1. The molecule has 1 saturated carbocycles. The summed E-state index contributed by atoms with van der Waals surface area (Å²) in [5, 5.41) is 13.1. The van der Waals surface area contributed by atoms with Crippen LogP contribution in [0.25, 0.3) is 0 Å². The molecular weight excluding hydrogens is 438 g/mol. The van der Waals surface area contributed by atoms with Crippen LogP contribution in [0, 0.1) is 0 Å². The predicted octanol–water partition coefficient (Wildman–Crippen LogP) is 4.77. The summed E-state index contributed by atoms with van der Waals surface area (Å²) in [7, 11) is 0. The van der Waals surface area contributed by atoms with E-state index >= 15 is 0 Å². The maximum Gasteiger partial charge on any atom is 0.348 e. The molecule has 3 heterocycles. The molecule has 2 aliphatic rings. The zero-order chi connectivity index (χ0) is 23.4. The number of ether oxygens (including phenoxy) is 2. The Kier molecular flexibility index (Phi) is 7.56. The van der Waals surface area contributed by atoms with E-state index in [1.165, 1.54) is 11.3 Å². The summed E-state index contributed by atoms with van der Waals surface area (Å²) in [6, 6.07) is 8.27. The molecule has 180 valence electrons. The van der Waals surface area contributed by atoms with Gasteiger partial charge in [0, 0.05) is 36.6 Å². The number of nitrogens with zero attached hydrogens (tertiary/aromatic N) is 2. The van der Waals surface area contributed by atoms with Crippen molar-refractivity contribution in [3.05, 3.63) is 39.7 Å². The summed E-state index contributed by atoms with van der Waals surface area (Å²) in [6.45, 7) is 10.6. The van der Waals surface area contributed by atoms with Gasteiger partial charge in [-0.05, 0) is 43.2 Å². The smallest absolute Gasteiger partial charge is 0.348 e. The van der Waals surface area contributed by atoms with Gasteiger partial charge < -0.3 is 19.9 Å². The molecular formula is C25H35N3O4S. The largest absolute Gasteiger partial charge is 0.477 e. The van der Waals surface area contributed by atoms with Gasteiger partial charge in [0.05, 0.1) is 24.6 Å². The molecule has 0 amide bonds. The molecule has 0 aromatic carbocycles. The molecule has 0 radical (unpaired) electrons. The van der Waals surface area contributed by atoms with Gasteiger partial charge in [-0.2, -0.15) is 0 Å². The van der Waals surface area contributed by atoms with Gasteiger partial charge >= 0.3 is 5.97 Å². The highest BCUT2D eigenvalue weighted by molar-refractivity contribution is 7.14. The Morgan fingerprint density at radius 3 is 2.64 bits per heavy atom. The van der Waals surface area contributed by atoms with E-state index in [1.54, 1.807) is 0 Å². The van der Waals surface area contributed by atoms with Gasteiger partial charge in [-0.25, -0.2) is 9.78 Å². The Balaban J connectivity index is 1.30. The average molecular weight is 474 g/mol. The Morgan fingerprint density at radius 2 is 1.97 bits per heavy atom. The van der Waals surface area contributed by atoms with E-state index in [1.807, 2.05) is 18.2 Å². The van der Waals surface area contributed by atoms with Crippen LogP contribution in [-0.4, -0.2) is 59.4 Å². The van der Waals surface area contributed by atoms with Gasteiger partial charge in [0.2, 0.25) is 5.88 Å². The maximum atomic E-state index is 11.7. The van der Waals surface area contributed by atoms with E-state index in [0.29, 0.717) is 10.8 Å². The maximum absolute atomic E-state index is 11.7. The number of morpholine rings is 1. The molecule has 1 saturated heterocycles. The molecule has 4 rings (SSSR count). The number of carboxylic acids is 1. The van der Waals surface area contributed by atoms with Crippen LogP contribution in [0.5, 0.6) is 5.88 Å². The SMILES string of the molecule is CC(C)(C)c1cc(NC2CCC(Oc3cccc(CN4CCOCC4)n3)CC2)c(C(=O)O)s1. The molecule has 2 N–H and O–H groups in total. The number of aromatic carboxylic acids is 1. The number of anilines is 1. The highest BCUT2D eigenvalue weighted by atomic mass is 32.1. The van der Waals surface area contributed by atoms with Crippen molar-refractivity contribution in [3.8, 4) is 5.88 Å². The first-order valence-electron chi connectivity index (χ1n) is 11.8. The molecule has 2 aromatic heterocycles. The fourth-order valence-corrected chi connectivity index (χ4v) is 5.36. The average Bonchev–Trinajstić information content (AvgIpc) is 3.21. The third-order valence-electron chi connectivity index (χ3n) is 6.26. The summed E-state index contributed by atoms with van der Waals surface area (Å²) < 4.78 is 11.6. The van der Waals surface area contributed by atoms with E-state index in [0.717, 1.165) is 74.8 Å².